The number of benzene rings is 1. The van der Waals surface area contributed by atoms with Crippen LogP contribution < -0.4 is 9.64 Å². The topological polar surface area (TPSA) is 33.9 Å². The van der Waals surface area contributed by atoms with E-state index in [9.17, 15) is 5.11 Å². The SMILES string of the molecule is COc1ccc(Br)cc1C[NH+]1CCC(O)CC1. The molecule has 0 aromatic heterocycles. The second kappa shape index (κ2) is 5.85. The van der Waals surface area contributed by atoms with E-state index in [1.807, 2.05) is 12.1 Å². The van der Waals surface area contributed by atoms with Gasteiger partial charge in [-0.2, -0.15) is 0 Å². The maximum absolute atomic E-state index is 9.49. The lowest BCUT2D eigenvalue weighted by molar-refractivity contribution is -0.919. The van der Waals surface area contributed by atoms with Crippen LogP contribution in [0.2, 0.25) is 0 Å². The quantitative estimate of drug-likeness (QED) is 0.873. The summed E-state index contributed by atoms with van der Waals surface area (Å²) in [5.41, 5.74) is 1.23. The maximum Gasteiger partial charge on any atom is 0.127 e. The number of hydrogen-bond donors (Lipinski definition) is 2. The smallest absolute Gasteiger partial charge is 0.127 e. The molecule has 0 amide bonds. The molecule has 0 saturated carbocycles. The molecule has 1 fully saturated rings. The summed E-state index contributed by atoms with van der Waals surface area (Å²) in [6, 6.07) is 6.12. The number of halogens is 1. The van der Waals surface area contributed by atoms with E-state index >= 15 is 0 Å². The summed E-state index contributed by atoms with van der Waals surface area (Å²) in [7, 11) is 1.71. The molecule has 1 aromatic carbocycles. The number of quaternary nitrogens is 1. The van der Waals surface area contributed by atoms with Crippen LogP contribution >= 0.6 is 15.9 Å². The zero-order chi connectivity index (χ0) is 12.3. The van der Waals surface area contributed by atoms with Crippen LogP contribution in [0.15, 0.2) is 22.7 Å². The molecule has 94 valence electrons. The largest absolute Gasteiger partial charge is 0.496 e. The summed E-state index contributed by atoms with van der Waals surface area (Å²) in [5, 5.41) is 9.49. The lowest BCUT2D eigenvalue weighted by Crippen LogP contribution is -3.12. The molecule has 0 spiro atoms. The molecule has 2 rings (SSSR count). The van der Waals surface area contributed by atoms with Crippen molar-refractivity contribution in [1.82, 2.24) is 0 Å². The number of piperidine rings is 1. The molecular formula is C13H19BrNO2+. The number of methoxy groups -OCH3 is 1. The highest BCUT2D eigenvalue weighted by atomic mass is 79.9. The van der Waals surface area contributed by atoms with Crippen LogP contribution in [0.1, 0.15) is 18.4 Å². The predicted octanol–water partition coefficient (Wildman–Crippen LogP) is 0.997. The lowest BCUT2D eigenvalue weighted by atomic mass is 10.1. The van der Waals surface area contributed by atoms with Crippen LogP contribution in [0.5, 0.6) is 5.75 Å². The molecule has 0 aliphatic carbocycles. The van der Waals surface area contributed by atoms with Crippen molar-refractivity contribution in [3.8, 4) is 5.75 Å². The van der Waals surface area contributed by atoms with Crippen molar-refractivity contribution in [3.05, 3.63) is 28.2 Å². The third-order valence-electron chi connectivity index (χ3n) is 3.35. The molecule has 0 bridgehead atoms. The predicted molar refractivity (Wildman–Crippen MR) is 70.3 cm³/mol. The van der Waals surface area contributed by atoms with E-state index in [0.29, 0.717) is 0 Å². The van der Waals surface area contributed by atoms with Crippen molar-refractivity contribution in [2.75, 3.05) is 20.2 Å². The first-order valence-corrected chi connectivity index (χ1v) is 6.82. The molecule has 1 heterocycles. The Morgan fingerprint density at radius 3 is 2.76 bits per heavy atom. The molecule has 3 nitrogen and oxygen atoms in total. The van der Waals surface area contributed by atoms with Gasteiger partial charge in [-0.15, -0.1) is 0 Å². The van der Waals surface area contributed by atoms with Gasteiger partial charge in [-0.3, -0.25) is 0 Å². The van der Waals surface area contributed by atoms with Gasteiger partial charge in [-0.05, 0) is 18.2 Å². The number of rotatable bonds is 3. The Bertz CT molecular complexity index is 376. The van der Waals surface area contributed by atoms with Gasteiger partial charge in [0.15, 0.2) is 0 Å². The maximum atomic E-state index is 9.49. The third kappa shape index (κ3) is 3.44. The number of ether oxygens (including phenoxy) is 1. The summed E-state index contributed by atoms with van der Waals surface area (Å²) in [6.45, 7) is 3.04. The van der Waals surface area contributed by atoms with Gasteiger partial charge in [0.05, 0.1) is 26.3 Å². The van der Waals surface area contributed by atoms with Gasteiger partial charge in [-0.25, -0.2) is 0 Å². The molecular weight excluding hydrogens is 282 g/mol. The second-order valence-corrected chi connectivity index (χ2v) is 5.53. The van der Waals surface area contributed by atoms with Crippen LogP contribution in [0.25, 0.3) is 0 Å². The Morgan fingerprint density at radius 1 is 1.41 bits per heavy atom. The fraction of sp³-hybridized carbons (Fsp3) is 0.538. The normalized spacial score (nSPS) is 24.6. The number of nitrogens with one attached hydrogen (secondary N) is 1. The van der Waals surface area contributed by atoms with Crippen LogP contribution in [-0.4, -0.2) is 31.4 Å². The molecule has 1 aliphatic heterocycles. The van der Waals surface area contributed by atoms with Crippen LogP contribution in [-0.2, 0) is 6.54 Å². The Labute approximate surface area is 111 Å². The fourth-order valence-corrected chi connectivity index (χ4v) is 2.75. The molecule has 4 heteroatoms. The van der Waals surface area contributed by atoms with E-state index in [4.69, 9.17) is 4.74 Å². The average Bonchev–Trinajstić information content (AvgIpc) is 2.32. The fourth-order valence-electron chi connectivity index (χ4n) is 2.34. The molecule has 1 aliphatic rings. The van der Waals surface area contributed by atoms with Crippen molar-refractivity contribution in [1.29, 1.82) is 0 Å². The Balaban J connectivity index is 2.04. The first-order chi connectivity index (χ1) is 8.19. The van der Waals surface area contributed by atoms with E-state index in [1.165, 1.54) is 10.5 Å². The van der Waals surface area contributed by atoms with Crippen LogP contribution in [0, 0.1) is 0 Å². The summed E-state index contributed by atoms with van der Waals surface area (Å²) < 4.78 is 6.47. The van der Waals surface area contributed by atoms with Gasteiger partial charge < -0.3 is 14.7 Å². The molecule has 1 aromatic rings. The molecule has 2 N–H and O–H groups in total. The second-order valence-electron chi connectivity index (χ2n) is 4.61. The summed E-state index contributed by atoms with van der Waals surface area (Å²) >= 11 is 3.50. The van der Waals surface area contributed by atoms with Crippen molar-refractivity contribution >= 4 is 15.9 Å². The van der Waals surface area contributed by atoms with Crippen molar-refractivity contribution < 1.29 is 14.7 Å². The van der Waals surface area contributed by atoms with Gasteiger partial charge in [0, 0.05) is 22.9 Å². The van der Waals surface area contributed by atoms with Crippen LogP contribution in [0.3, 0.4) is 0 Å². The number of aliphatic hydroxyl groups is 1. The summed E-state index contributed by atoms with van der Waals surface area (Å²) in [6.07, 6.45) is 1.72. The minimum absolute atomic E-state index is 0.0943. The van der Waals surface area contributed by atoms with Gasteiger partial charge >= 0.3 is 0 Å². The van der Waals surface area contributed by atoms with E-state index in [1.54, 1.807) is 7.11 Å². The summed E-state index contributed by atoms with van der Waals surface area (Å²) in [4.78, 5) is 1.52. The van der Waals surface area contributed by atoms with E-state index in [2.05, 4.69) is 22.0 Å². The Morgan fingerprint density at radius 2 is 2.12 bits per heavy atom. The molecule has 0 atom stereocenters. The number of likely N-dealkylation sites (tertiary alicyclic amines) is 1. The minimum Gasteiger partial charge on any atom is -0.496 e. The van der Waals surface area contributed by atoms with Crippen LogP contribution in [0.4, 0.5) is 0 Å². The Hall–Kier alpha value is -0.580. The minimum atomic E-state index is -0.0943. The molecule has 17 heavy (non-hydrogen) atoms. The third-order valence-corrected chi connectivity index (χ3v) is 3.84. The van der Waals surface area contributed by atoms with Gasteiger partial charge in [0.1, 0.15) is 12.3 Å². The molecule has 0 radical (unpaired) electrons. The monoisotopic (exact) mass is 300 g/mol. The van der Waals surface area contributed by atoms with Gasteiger partial charge in [-0.1, -0.05) is 15.9 Å². The first-order valence-electron chi connectivity index (χ1n) is 6.03. The Kier molecular flexibility index (Phi) is 4.42. The standard InChI is InChI=1S/C13H18BrNO2/c1-17-13-3-2-11(14)8-10(13)9-15-6-4-12(16)5-7-15/h2-3,8,12,16H,4-7,9H2,1H3/p+1. The number of hydrogen-bond acceptors (Lipinski definition) is 2. The van der Waals surface area contributed by atoms with Gasteiger partial charge in [0.2, 0.25) is 0 Å². The molecule has 1 saturated heterocycles. The van der Waals surface area contributed by atoms with Crippen molar-refractivity contribution in [2.24, 2.45) is 0 Å². The van der Waals surface area contributed by atoms with Gasteiger partial charge in [0.25, 0.3) is 0 Å². The highest BCUT2D eigenvalue weighted by Gasteiger charge is 2.21. The zero-order valence-corrected chi connectivity index (χ0v) is 11.7. The van der Waals surface area contributed by atoms with Crippen molar-refractivity contribution in [2.45, 2.75) is 25.5 Å². The number of aliphatic hydroxyl groups excluding tert-OH is 1. The zero-order valence-electron chi connectivity index (χ0n) is 10.1. The van der Waals surface area contributed by atoms with Crippen molar-refractivity contribution in [3.63, 3.8) is 0 Å². The van der Waals surface area contributed by atoms with E-state index in [-0.39, 0.29) is 6.10 Å². The summed E-state index contributed by atoms with van der Waals surface area (Å²) in [5.74, 6) is 0.951. The first kappa shape index (κ1) is 12.9. The van der Waals surface area contributed by atoms with E-state index in [0.717, 1.165) is 42.7 Å². The highest BCUT2D eigenvalue weighted by Crippen LogP contribution is 2.22. The highest BCUT2D eigenvalue weighted by molar-refractivity contribution is 9.10. The average molecular weight is 301 g/mol. The lowest BCUT2D eigenvalue weighted by Gasteiger charge is -2.27. The molecule has 0 unspecified atom stereocenters. The van der Waals surface area contributed by atoms with E-state index < -0.39 is 0 Å².